The molecule has 1 fully saturated rings. The van der Waals surface area contributed by atoms with E-state index >= 15 is 0 Å². The Morgan fingerprint density at radius 3 is 2.76 bits per heavy atom. The van der Waals surface area contributed by atoms with Crippen molar-refractivity contribution in [2.45, 2.75) is 26.3 Å². The summed E-state index contributed by atoms with van der Waals surface area (Å²) in [6, 6.07) is 7.64. The topological polar surface area (TPSA) is 59.2 Å². The van der Waals surface area contributed by atoms with E-state index in [1.165, 1.54) is 11.3 Å². The highest BCUT2D eigenvalue weighted by Gasteiger charge is 2.36. The van der Waals surface area contributed by atoms with Crippen LogP contribution in [0.25, 0.3) is 10.6 Å². The van der Waals surface area contributed by atoms with Crippen molar-refractivity contribution in [1.29, 1.82) is 0 Å². The number of piperidine rings is 1. The van der Waals surface area contributed by atoms with Crippen LogP contribution < -0.4 is 5.73 Å². The Hall–Kier alpha value is -0.850. The van der Waals surface area contributed by atoms with Gasteiger partial charge in [-0.3, -0.25) is 4.79 Å². The normalized spacial score (nSPS) is 18.9. The molecule has 1 unspecified atom stereocenters. The molecule has 1 atom stereocenters. The summed E-state index contributed by atoms with van der Waals surface area (Å²) in [7, 11) is 0. The molecule has 0 spiro atoms. The maximum atomic E-state index is 12.7. The Kier molecular flexibility index (Phi) is 7.71. The molecule has 0 radical (unpaired) electrons. The first kappa shape index (κ1) is 22.2. The van der Waals surface area contributed by atoms with Gasteiger partial charge >= 0.3 is 0 Å². The number of hydrogen-bond donors (Lipinski definition) is 1. The van der Waals surface area contributed by atoms with Gasteiger partial charge < -0.3 is 10.6 Å². The smallest absolute Gasteiger partial charge is 0.273 e. The molecule has 1 aliphatic heterocycles. The third-order valence-electron chi connectivity index (χ3n) is 4.39. The van der Waals surface area contributed by atoms with Crippen LogP contribution in [0, 0.1) is 5.41 Å². The fourth-order valence-electron chi connectivity index (χ4n) is 2.84. The number of aromatic nitrogens is 1. The quantitative estimate of drug-likeness (QED) is 0.774. The number of hydrogen-bond acceptors (Lipinski definition) is 4. The summed E-state index contributed by atoms with van der Waals surface area (Å²) < 4.78 is 0. The highest BCUT2D eigenvalue weighted by molar-refractivity contribution is 7.13. The standard InChI is InChI=1S/C17H20ClN3OS.2ClH/c1-17(2)10-21(7-6-14(17)19)16(22)13-9-23-15(20-13)11-4-3-5-12(18)8-11;;/h3-5,8-9,14H,6-7,10,19H2,1-2H3;2*1H. The Labute approximate surface area is 169 Å². The second kappa shape index (κ2) is 8.69. The van der Waals surface area contributed by atoms with Gasteiger partial charge in [0.25, 0.3) is 5.91 Å². The first-order valence-electron chi connectivity index (χ1n) is 7.63. The van der Waals surface area contributed by atoms with Crippen LogP contribution in [-0.4, -0.2) is 34.9 Å². The van der Waals surface area contributed by atoms with Crippen molar-refractivity contribution in [3.8, 4) is 10.6 Å². The van der Waals surface area contributed by atoms with Gasteiger partial charge in [-0.1, -0.05) is 37.6 Å². The van der Waals surface area contributed by atoms with Gasteiger partial charge in [0.1, 0.15) is 10.7 Å². The lowest BCUT2D eigenvalue weighted by atomic mass is 9.79. The molecule has 1 amide bonds. The Balaban J connectivity index is 0.00000156. The third kappa shape index (κ3) is 4.86. The summed E-state index contributed by atoms with van der Waals surface area (Å²) in [6.07, 6.45) is 0.823. The molecule has 4 nitrogen and oxygen atoms in total. The van der Waals surface area contributed by atoms with Gasteiger partial charge in [0.2, 0.25) is 0 Å². The lowest BCUT2D eigenvalue weighted by molar-refractivity contribution is 0.0528. The van der Waals surface area contributed by atoms with E-state index in [9.17, 15) is 4.79 Å². The van der Waals surface area contributed by atoms with Crippen LogP contribution in [0.15, 0.2) is 29.6 Å². The molecule has 1 saturated heterocycles. The first-order chi connectivity index (χ1) is 10.9. The minimum Gasteiger partial charge on any atom is -0.337 e. The van der Waals surface area contributed by atoms with Crippen LogP contribution in [0.1, 0.15) is 30.8 Å². The number of carbonyl (C=O) groups is 1. The van der Waals surface area contributed by atoms with Crippen LogP contribution in [0.4, 0.5) is 0 Å². The maximum Gasteiger partial charge on any atom is 0.273 e. The molecule has 1 aromatic carbocycles. The second-order valence-corrected chi connectivity index (χ2v) is 7.95. The minimum atomic E-state index is -0.0697. The van der Waals surface area contributed by atoms with E-state index < -0.39 is 0 Å². The molecule has 1 aliphatic rings. The molecule has 0 bridgehead atoms. The first-order valence-corrected chi connectivity index (χ1v) is 8.89. The third-order valence-corrected chi connectivity index (χ3v) is 5.52. The largest absolute Gasteiger partial charge is 0.337 e. The lowest BCUT2D eigenvalue weighted by Crippen LogP contribution is -2.54. The van der Waals surface area contributed by atoms with Crippen LogP contribution in [0.5, 0.6) is 0 Å². The van der Waals surface area contributed by atoms with Crippen molar-refractivity contribution >= 4 is 53.7 Å². The van der Waals surface area contributed by atoms with Crippen molar-refractivity contribution in [2.75, 3.05) is 13.1 Å². The summed E-state index contributed by atoms with van der Waals surface area (Å²) in [5.41, 5.74) is 7.50. The fourth-order valence-corrected chi connectivity index (χ4v) is 3.82. The summed E-state index contributed by atoms with van der Waals surface area (Å²) in [5.74, 6) is -0.0190. The lowest BCUT2D eigenvalue weighted by Gasteiger charge is -2.42. The number of nitrogens with two attached hydrogens (primary N) is 1. The number of amides is 1. The molecule has 0 saturated carbocycles. The monoisotopic (exact) mass is 421 g/mol. The van der Waals surface area contributed by atoms with Gasteiger partial charge in [-0.2, -0.15) is 0 Å². The van der Waals surface area contributed by atoms with E-state index in [1.54, 1.807) is 0 Å². The van der Waals surface area contributed by atoms with Gasteiger partial charge in [0.05, 0.1) is 0 Å². The number of carbonyl (C=O) groups excluding carboxylic acids is 1. The van der Waals surface area contributed by atoms with Crippen LogP contribution >= 0.6 is 47.8 Å². The van der Waals surface area contributed by atoms with E-state index in [1.807, 2.05) is 34.5 Å². The molecule has 138 valence electrons. The summed E-state index contributed by atoms with van der Waals surface area (Å²) in [5, 5.41) is 3.29. The average molecular weight is 423 g/mol. The van der Waals surface area contributed by atoms with Crippen LogP contribution in [0.3, 0.4) is 0 Å². The molecule has 1 aromatic heterocycles. The molecule has 2 N–H and O–H groups in total. The number of likely N-dealkylation sites (tertiary alicyclic amines) is 1. The van der Waals surface area contributed by atoms with Crippen LogP contribution in [0.2, 0.25) is 5.02 Å². The molecular weight excluding hydrogens is 401 g/mol. The number of halogens is 3. The van der Waals surface area contributed by atoms with Crippen molar-refractivity contribution < 1.29 is 4.79 Å². The number of nitrogens with zero attached hydrogens (tertiary/aromatic N) is 2. The van der Waals surface area contributed by atoms with Crippen molar-refractivity contribution in [3.05, 3.63) is 40.4 Å². The predicted molar refractivity (Wildman–Crippen MR) is 109 cm³/mol. The van der Waals surface area contributed by atoms with Gasteiger partial charge in [-0.15, -0.1) is 36.2 Å². The van der Waals surface area contributed by atoms with Gasteiger partial charge in [-0.25, -0.2) is 4.98 Å². The van der Waals surface area contributed by atoms with Gasteiger partial charge in [0.15, 0.2) is 0 Å². The SMILES string of the molecule is CC1(C)CN(C(=O)c2csc(-c3cccc(Cl)c3)n2)CCC1N.Cl.Cl. The zero-order chi connectivity index (χ0) is 16.6. The van der Waals surface area contributed by atoms with Crippen molar-refractivity contribution in [2.24, 2.45) is 11.1 Å². The van der Waals surface area contributed by atoms with Crippen LogP contribution in [-0.2, 0) is 0 Å². The highest BCUT2D eigenvalue weighted by atomic mass is 35.5. The molecule has 2 heterocycles. The average Bonchev–Trinajstić information content (AvgIpc) is 2.99. The Morgan fingerprint density at radius 2 is 2.12 bits per heavy atom. The second-order valence-electron chi connectivity index (χ2n) is 6.66. The predicted octanol–water partition coefficient (Wildman–Crippen LogP) is 4.51. The molecule has 0 aliphatic carbocycles. The number of rotatable bonds is 2. The zero-order valence-corrected chi connectivity index (χ0v) is 17.3. The minimum absolute atomic E-state index is 0. The molecule has 3 rings (SSSR count). The molecular formula is C17H22Cl3N3OS. The Morgan fingerprint density at radius 1 is 1.40 bits per heavy atom. The number of thiazole rings is 1. The van der Waals surface area contributed by atoms with E-state index in [-0.39, 0.29) is 42.2 Å². The van der Waals surface area contributed by atoms with E-state index in [4.69, 9.17) is 17.3 Å². The molecule has 2 aromatic rings. The summed E-state index contributed by atoms with van der Waals surface area (Å²) in [6.45, 7) is 5.57. The Bertz CT molecular complexity index is 735. The molecule has 25 heavy (non-hydrogen) atoms. The summed E-state index contributed by atoms with van der Waals surface area (Å²) in [4.78, 5) is 19.1. The maximum absolute atomic E-state index is 12.7. The van der Waals surface area contributed by atoms with Crippen molar-refractivity contribution in [1.82, 2.24) is 9.88 Å². The van der Waals surface area contributed by atoms with Gasteiger partial charge in [-0.05, 0) is 24.0 Å². The van der Waals surface area contributed by atoms with E-state index in [0.717, 1.165) is 17.0 Å². The van der Waals surface area contributed by atoms with Gasteiger partial charge in [0, 0.05) is 35.1 Å². The number of benzene rings is 1. The van der Waals surface area contributed by atoms with E-state index in [0.29, 0.717) is 23.8 Å². The summed E-state index contributed by atoms with van der Waals surface area (Å²) >= 11 is 7.48. The zero-order valence-electron chi connectivity index (χ0n) is 14.1. The van der Waals surface area contributed by atoms with Crippen molar-refractivity contribution in [3.63, 3.8) is 0 Å². The van der Waals surface area contributed by atoms with E-state index in [2.05, 4.69) is 18.8 Å². The highest BCUT2D eigenvalue weighted by Crippen LogP contribution is 2.30. The molecule has 8 heteroatoms. The fraction of sp³-hybridized carbons (Fsp3) is 0.412.